The first-order valence-electron chi connectivity index (χ1n) is 5.04. The van der Waals surface area contributed by atoms with Gasteiger partial charge in [0.15, 0.2) is 0 Å². The average Bonchev–Trinajstić information content (AvgIpc) is 2.23. The molecule has 2 heteroatoms. The Kier molecular flexibility index (Phi) is 3.07. The molecule has 0 N–H and O–H groups in total. The van der Waals surface area contributed by atoms with E-state index in [1.54, 1.807) is 6.07 Å². The van der Waals surface area contributed by atoms with Crippen LogP contribution in [0.4, 0.5) is 4.39 Å². The Morgan fingerprint density at radius 2 is 1.93 bits per heavy atom. The number of hydrogen-bond acceptors (Lipinski definition) is 0. The van der Waals surface area contributed by atoms with Crippen LogP contribution in [0.15, 0.2) is 18.2 Å². The second kappa shape index (κ2) is 4.31. The Labute approximate surface area is 89.1 Å². The summed E-state index contributed by atoms with van der Waals surface area (Å²) in [5.41, 5.74) is 1.18. The van der Waals surface area contributed by atoms with Crippen LogP contribution in [-0.2, 0) is 0 Å². The summed E-state index contributed by atoms with van der Waals surface area (Å²) in [6.07, 6.45) is 6.99. The lowest BCUT2D eigenvalue weighted by Crippen LogP contribution is -2.04. The van der Waals surface area contributed by atoms with Crippen molar-refractivity contribution in [2.75, 3.05) is 0 Å². The minimum atomic E-state index is -0.321. The summed E-state index contributed by atoms with van der Waals surface area (Å²) in [4.78, 5) is 0. The van der Waals surface area contributed by atoms with Crippen molar-refractivity contribution in [2.24, 2.45) is 0 Å². The minimum absolute atomic E-state index is 0.247. The monoisotopic (exact) mass is 211 g/mol. The van der Waals surface area contributed by atoms with E-state index in [1.807, 2.05) is 6.07 Å². The van der Waals surface area contributed by atoms with E-state index in [0.29, 0.717) is 5.92 Å². The van der Waals surface area contributed by atoms with Gasteiger partial charge in [0.25, 0.3) is 0 Å². The highest BCUT2D eigenvalue weighted by atomic mass is 35.5. The lowest BCUT2D eigenvalue weighted by atomic mass is 9.84. The fourth-order valence-electron chi connectivity index (χ4n) is 2.03. The van der Waals surface area contributed by atoms with Crippen molar-refractivity contribution >= 4 is 11.6 Å². The van der Waals surface area contributed by atoms with Crippen molar-refractivity contribution in [3.63, 3.8) is 0 Å². The summed E-state index contributed by atoms with van der Waals surface area (Å²) in [7, 11) is 0. The fourth-order valence-corrected chi connectivity index (χ4v) is 2.22. The van der Waals surface area contributed by atoms with Crippen LogP contribution in [0.1, 0.15) is 37.2 Å². The molecule has 0 bridgehead atoms. The predicted molar refractivity (Wildman–Crippen MR) is 56.9 cm³/mol. The first kappa shape index (κ1) is 9.97. The maximum atomic E-state index is 12.9. The van der Waals surface area contributed by atoms with Gasteiger partial charge >= 0.3 is 0 Å². The zero-order valence-electron chi connectivity index (χ0n) is 7.97. The van der Waals surface area contributed by atoms with Gasteiger partial charge in [0.2, 0.25) is 0 Å². The Hall–Kier alpha value is -0.560. The molecule has 0 heterocycles. The molecule has 0 saturated heterocycles. The highest BCUT2D eigenvalue weighted by Gasteiger charge is 2.16. The maximum Gasteiger partial charge on any atom is 0.141 e. The molecule has 2 rings (SSSR count). The van der Waals surface area contributed by atoms with Crippen molar-refractivity contribution in [2.45, 2.75) is 31.6 Å². The van der Waals surface area contributed by atoms with Crippen LogP contribution in [0.3, 0.4) is 0 Å². The molecular weight excluding hydrogens is 199 g/mol. The predicted octanol–water partition coefficient (Wildman–Crippen LogP) is 4.34. The maximum absolute atomic E-state index is 12.9. The largest absolute Gasteiger partial charge is 0.205 e. The Bertz CT molecular complexity index is 316. The summed E-state index contributed by atoms with van der Waals surface area (Å²) < 4.78 is 12.9. The Morgan fingerprint density at radius 1 is 1.21 bits per heavy atom. The average molecular weight is 212 g/mol. The van der Waals surface area contributed by atoms with E-state index in [9.17, 15) is 4.39 Å². The molecule has 1 aliphatic carbocycles. The van der Waals surface area contributed by atoms with Crippen molar-refractivity contribution in [1.82, 2.24) is 0 Å². The zero-order valence-corrected chi connectivity index (χ0v) is 8.73. The third kappa shape index (κ3) is 2.09. The van der Waals surface area contributed by atoms with Crippen LogP contribution in [0, 0.1) is 12.2 Å². The van der Waals surface area contributed by atoms with Gasteiger partial charge in [0.1, 0.15) is 5.82 Å². The summed E-state index contributed by atoms with van der Waals surface area (Å²) in [5, 5.41) is 0.247. The standard InChI is InChI=1S/C12H13ClF/c13-11-8-10(6-7-12(11)14)9-4-2-1-3-5-9/h1,6-9H,2-5H2. The van der Waals surface area contributed by atoms with Gasteiger partial charge in [-0.05, 0) is 55.7 Å². The summed E-state index contributed by atoms with van der Waals surface area (Å²) in [6.45, 7) is 0. The van der Waals surface area contributed by atoms with E-state index in [4.69, 9.17) is 11.6 Å². The molecule has 1 aliphatic rings. The van der Waals surface area contributed by atoms with Crippen molar-refractivity contribution in [3.8, 4) is 0 Å². The Morgan fingerprint density at radius 3 is 2.57 bits per heavy atom. The molecule has 75 valence electrons. The molecule has 1 saturated carbocycles. The highest BCUT2D eigenvalue weighted by molar-refractivity contribution is 6.30. The van der Waals surface area contributed by atoms with Crippen molar-refractivity contribution < 1.29 is 4.39 Å². The molecule has 0 unspecified atom stereocenters. The summed E-state index contributed by atoms with van der Waals surface area (Å²) >= 11 is 5.75. The van der Waals surface area contributed by atoms with Gasteiger partial charge in [-0.2, -0.15) is 0 Å². The van der Waals surface area contributed by atoms with Gasteiger partial charge < -0.3 is 0 Å². The normalized spacial score (nSPS) is 18.4. The molecule has 1 radical (unpaired) electrons. The zero-order chi connectivity index (χ0) is 9.97. The number of benzene rings is 1. The van der Waals surface area contributed by atoms with Gasteiger partial charge in [-0.15, -0.1) is 0 Å². The fraction of sp³-hybridized carbons (Fsp3) is 0.417. The number of rotatable bonds is 1. The molecule has 0 aliphatic heterocycles. The first-order chi connectivity index (χ1) is 6.77. The van der Waals surface area contributed by atoms with E-state index in [1.165, 1.54) is 37.3 Å². The summed E-state index contributed by atoms with van der Waals surface area (Å²) in [5.74, 6) is 0.246. The van der Waals surface area contributed by atoms with E-state index in [2.05, 4.69) is 6.42 Å². The van der Waals surface area contributed by atoms with Gasteiger partial charge in [-0.25, -0.2) is 4.39 Å². The van der Waals surface area contributed by atoms with Crippen LogP contribution in [-0.4, -0.2) is 0 Å². The molecule has 0 atom stereocenters. The van der Waals surface area contributed by atoms with Crippen LogP contribution in [0.2, 0.25) is 5.02 Å². The second-order valence-electron chi connectivity index (χ2n) is 3.81. The first-order valence-corrected chi connectivity index (χ1v) is 5.42. The lowest BCUT2D eigenvalue weighted by Gasteiger charge is -2.21. The quantitative estimate of drug-likeness (QED) is 0.648. The van der Waals surface area contributed by atoms with E-state index >= 15 is 0 Å². The van der Waals surface area contributed by atoms with Gasteiger partial charge in [0.05, 0.1) is 5.02 Å². The van der Waals surface area contributed by atoms with E-state index in [-0.39, 0.29) is 10.8 Å². The van der Waals surface area contributed by atoms with Gasteiger partial charge in [-0.3, -0.25) is 0 Å². The van der Waals surface area contributed by atoms with Gasteiger partial charge in [0, 0.05) is 0 Å². The lowest BCUT2D eigenvalue weighted by molar-refractivity contribution is 0.510. The molecule has 0 aromatic heterocycles. The molecule has 1 fully saturated rings. The number of halogens is 2. The van der Waals surface area contributed by atoms with Crippen LogP contribution in [0.25, 0.3) is 0 Å². The van der Waals surface area contributed by atoms with Crippen LogP contribution >= 0.6 is 11.6 Å². The SMILES string of the molecule is Fc1ccc(C2CC[CH]CC2)cc1Cl. The second-order valence-corrected chi connectivity index (χ2v) is 4.22. The van der Waals surface area contributed by atoms with Crippen LogP contribution in [0.5, 0.6) is 0 Å². The van der Waals surface area contributed by atoms with E-state index < -0.39 is 0 Å². The third-order valence-electron chi connectivity index (χ3n) is 2.85. The summed E-state index contributed by atoms with van der Waals surface area (Å²) in [6, 6.07) is 5.10. The minimum Gasteiger partial charge on any atom is -0.205 e. The highest BCUT2D eigenvalue weighted by Crippen LogP contribution is 2.33. The molecule has 1 aromatic carbocycles. The smallest absolute Gasteiger partial charge is 0.141 e. The van der Waals surface area contributed by atoms with Crippen LogP contribution < -0.4 is 0 Å². The molecule has 0 amide bonds. The van der Waals surface area contributed by atoms with Crippen molar-refractivity contribution in [1.29, 1.82) is 0 Å². The van der Waals surface area contributed by atoms with Gasteiger partial charge in [-0.1, -0.05) is 17.7 Å². The molecule has 0 spiro atoms. The Balaban J connectivity index is 2.18. The third-order valence-corrected chi connectivity index (χ3v) is 3.14. The molecular formula is C12H13ClF. The number of hydrogen-bond donors (Lipinski definition) is 0. The molecule has 0 nitrogen and oxygen atoms in total. The topological polar surface area (TPSA) is 0 Å². The van der Waals surface area contributed by atoms with Crippen molar-refractivity contribution in [3.05, 3.63) is 41.0 Å². The molecule has 1 aromatic rings. The van der Waals surface area contributed by atoms with E-state index in [0.717, 1.165) is 0 Å². The molecule has 14 heavy (non-hydrogen) atoms.